The summed E-state index contributed by atoms with van der Waals surface area (Å²) in [5.74, 6) is -5.59. The molecule has 0 aliphatic heterocycles. The molecule has 9 heteroatoms. The summed E-state index contributed by atoms with van der Waals surface area (Å²) >= 11 is 0. The summed E-state index contributed by atoms with van der Waals surface area (Å²) in [6.07, 6.45) is -2.13. The smallest absolute Gasteiger partial charge is 0.411 e. The van der Waals surface area contributed by atoms with Crippen LogP contribution in [0.2, 0.25) is 0 Å². The molecule has 2 aliphatic carbocycles. The molecule has 0 bridgehead atoms. The number of amides is 1. The molecule has 5 atom stereocenters. The minimum Gasteiger partial charge on any atom is -0.481 e. The van der Waals surface area contributed by atoms with Crippen LogP contribution in [0.15, 0.2) is 24.3 Å². The number of anilines is 1. The van der Waals surface area contributed by atoms with Crippen LogP contribution >= 0.6 is 0 Å². The summed E-state index contributed by atoms with van der Waals surface area (Å²) in [6.45, 7) is 0. The van der Waals surface area contributed by atoms with E-state index in [9.17, 15) is 23.9 Å². The number of carbonyl (C=O) groups is 3. The minimum absolute atomic E-state index is 0.0973. The molecule has 8 nitrogen and oxygen atoms in total. The topological polar surface area (TPSA) is 139 Å². The molecule has 24 heavy (non-hydrogen) atoms. The fraction of sp³-hybridized carbons (Fsp3) is 0.400. The molecule has 0 spiro atoms. The first-order valence-electron chi connectivity index (χ1n) is 7.23. The number of hydrogen-bond acceptors (Lipinski definition) is 5. The summed E-state index contributed by atoms with van der Waals surface area (Å²) in [5, 5.41) is 20.6. The molecule has 1 amide bonds. The molecule has 1 aromatic carbocycles. The largest absolute Gasteiger partial charge is 0.481 e. The van der Waals surface area contributed by atoms with Gasteiger partial charge in [-0.1, -0.05) is 12.1 Å². The van der Waals surface area contributed by atoms with E-state index in [1.807, 2.05) is 0 Å². The van der Waals surface area contributed by atoms with Gasteiger partial charge < -0.3 is 20.7 Å². The summed E-state index contributed by atoms with van der Waals surface area (Å²) < 4.78 is 18.6. The van der Waals surface area contributed by atoms with E-state index < -0.39 is 53.2 Å². The van der Waals surface area contributed by atoms with Crippen LogP contribution < -0.4 is 11.1 Å². The molecule has 2 aliphatic rings. The van der Waals surface area contributed by atoms with Gasteiger partial charge in [0.25, 0.3) is 0 Å². The van der Waals surface area contributed by atoms with Crippen molar-refractivity contribution in [2.24, 2.45) is 23.5 Å². The van der Waals surface area contributed by atoms with Crippen LogP contribution in [0.5, 0.6) is 0 Å². The molecule has 3 rings (SSSR count). The molecule has 2 saturated carbocycles. The predicted octanol–water partition coefficient (Wildman–Crippen LogP) is 0.875. The van der Waals surface area contributed by atoms with Gasteiger partial charge in [-0.2, -0.15) is 0 Å². The molecule has 0 radical (unpaired) electrons. The van der Waals surface area contributed by atoms with Gasteiger partial charge >= 0.3 is 18.0 Å². The number of nitrogens with two attached hydrogens (primary N) is 1. The number of ether oxygens (including phenoxy) is 1. The second-order valence-corrected chi connectivity index (χ2v) is 6.07. The first-order chi connectivity index (χ1) is 11.3. The lowest BCUT2D eigenvalue weighted by molar-refractivity contribution is -0.146. The fourth-order valence-corrected chi connectivity index (χ4v) is 3.57. The normalized spacial score (nSPS) is 33.4. The van der Waals surface area contributed by atoms with E-state index in [2.05, 4.69) is 5.32 Å². The average molecular weight is 338 g/mol. The Labute approximate surface area is 135 Å². The number of fused-ring (bicyclic) bond motifs is 1. The number of carboxylic acids is 2. The van der Waals surface area contributed by atoms with Crippen molar-refractivity contribution in [1.82, 2.24) is 0 Å². The number of carbonyl (C=O) groups excluding carboxylic acids is 1. The predicted molar refractivity (Wildman–Crippen MR) is 77.6 cm³/mol. The molecule has 0 saturated heterocycles. The highest BCUT2D eigenvalue weighted by molar-refractivity contribution is 5.87. The highest BCUT2D eigenvalue weighted by Crippen LogP contribution is 2.62. The van der Waals surface area contributed by atoms with Gasteiger partial charge in [0.05, 0.1) is 11.6 Å². The number of benzene rings is 1. The van der Waals surface area contributed by atoms with Gasteiger partial charge in [-0.3, -0.25) is 14.9 Å². The Kier molecular flexibility index (Phi) is 3.67. The molecule has 2 fully saturated rings. The highest BCUT2D eigenvalue weighted by Gasteiger charge is 2.75. The van der Waals surface area contributed by atoms with E-state index in [1.165, 1.54) is 18.2 Å². The molecule has 0 aromatic heterocycles. The third-order valence-electron chi connectivity index (χ3n) is 4.69. The Morgan fingerprint density at radius 2 is 1.96 bits per heavy atom. The van der Waals surface area contributed by atoms with Crippen molar-refractivity contribution in [2.75, 3.05) is 5.32 Å². The van der Waals surface area contributed by atoms with Crippen LogP contribution in [0.1, 0.15) is 6.42 Å². The maximum atomic E-state index is 13.5. The summed E-state index contributed by atoms with van der Waals surface area (Å²) in [5.41, 5.74) is 3.97. The Morgan fingerprint density at radius 1 is 1.29 bits per heavy atom. The second-order valence-electron chi connectivity index (χ2n) is 6.07. The number of hydrogen-bond donors (Lipinski definition) is 4. The number of carboxylic acid groups (broad SMARTS) is 2. The van der Waals surface area contributed by atoms with Crippen molar-refractivity contribution in [1.29, 1.82) is 0 Å². The lowest BCUT2D eigenvalue weighted by Crippen LogP contribution is -2.51. The van der Waals surface area contributed by atoms with Gasteiger partial charge in [-0.15, -0.1) is 0 Å². The van der Waals surface area contributed by atoms with Crippen molar-refractivity contribution in [3.8, 4) is 0 Å². The number of halogens is 1. The molecular weight excluding hydrogens is 323 g/mol. The third-order valence-corrected chi connectivity index (χ3v) is 4.69. The molecule has 5 N–H and O–H groups in total. The van der Waals surface area contributed by atoms with Gasteiger partial charge in [0.1, 0.15) is 17.5 Å². The van der Waals surface area contributed by atoms with Crippen molar-refractivity contribution in [2.45, 2.75) is 18.1 Å². The van der Waals surface area contributed by atoms with Crippen LogP contribution in [0.4, 0.5) is 14.9 Å². The number of para-hydroxylation sites is 1. The standard InChI is InChI=1S/C15H15FN2O6/c16-6-3-1-2-4-7(6)18-14(23)24-8-5-15(17,13(21)22)11-9(8)10(11)12(19)20/h1-4,8-11H,5,17H2,(H,18,23)(H,19,20)(H,21,22)/t8-,9-,10-,11-,15-/m0/s1. The van der Waals surface area contributed by atoms with Gasteiger partial charge in [0, 0.05) is 18.3 Å². The third kappa shape index (κ3) is 2.46. The van der Waals surface area contributed by atoms with Crippen LogP contribution in [0.25, 0.3) is 0 Å². The monoisotopic (exact) mass is 338 g/mol. The van der Waals surface area contributed by atoms with Gasteiger partial charge in [0.15, 0.2) is 0 Å². The maximum Gasteiger partial charge on any atom is 0.411 e. The maximum absolute atomic E-state index is 13.5. The van der Waals surface area contributed by atoms with Crippen LogP contribution in [-0.2, 0) is 14.3 Å². The Hall–Kier alpha value is -2.68. The first-order valence-corrected chi connectivity index (χ1v) is 7.23. The fourth-order valence-electron chi connectivity index (χ4n) is 3.57. The molecule has 128 valence electrons. The quantitative estimate of drug-likeness (QED) is 0.639. The SMILES string of the molecule is N[C@@]1(C(=O)O)C[C@H](OC(=O)Nc2ccccc2F)[C@H]2[C@H](C(=O)O)[C@H]21. The van der Waals surface area contributed by atoms with Gasteiger partial charge in [-0.25, -0.2) is 9.18 Å². The lowest BCUT2D eigenvalue weighted by Gasteiger charge is -2.24. The van der Waals surface area contributed by atoms with E-state index in [0.717, 1.165) is 6.07 Å². The zero-order chi connectivity index (χ0) is 17.6. The van der Waals surface area contributed by atoms with Crippen molar-refractivity contribution < 1.29 is 33.7 Å². The molecular formula is C15H15FN2O6. The summed E-state index contributed by atoms with van der Waals surface area (Å²) in [6, 6.07) is 5.44. The van der Waals surface area contributed by atoms with Crippen LogP contribution in [0, 0.1) is 23.6 Å². The molecule has 0 unspecified atom stereocenters. The first kappa shape index (κ1) is 16.2. The minimum atomic E-state index is -1.75. The van der Waals surface area contributed by atoms with Crippen molar-refractivity contribution in [3.63, 3.8) is 0 Å². The lowest BCUT2D eigenvalue weighted by atomic mass is 9.91. The second kappa shape index (κ2) is 5.45. The number of rotatable bonds is 4. The highest BCUT2D eigenvalue weighted by atomic mass is 19.1. The Balaban J connectivity index is 1.71. The average Bonchev–Trinajstić information content (AvgIpc) is 3.18. The van der Waals surface area contributed by atoms with E-state index in [4.69, 9.17) is 15.6 Å². The van der Waals surface area contributed by atoms with Gasteiger partial charge in [0.2, 0.25) is 0 Å². The molecule has 1 aromatic rings. The van der Waals surface area contributed by atoms with Gasteiger partial charge in [-0.05, 0) is 12.1 Å². The number of aliphatic carboxylic acids is 2. The summed E-state index contributed by atoms with van der Waals surface area (Å²) in [4.78, 5) is 34.5. The molecule has 0 heterocycles. The van der Waals surface area contributed by atoms with E-state index in [1.54, 1.807) is 0 Å². The van der Waals surface area contributed by atoms with E-state index in [0.29, 0.717) is 0 Å². The van der Waals surface area contributed by atoms with E-state index in [-0.39, 0.29) is 12.1 Å². The number of nitrogens with one attached hydrogen (secondary N) is 1. The Bertz CT molecular complexity index is 726. The zero-order valence-corrected chi connectivity index (χ0v) is 12.3. The van der Waals surface area contributed by atoms with Crippen LogP contribution in [0.3, 0.4) is 0 Å². The van der Waals surface area contributed by atoms with Crippen molar-refractivity contribution >= 4 is 23.7 Å². The van der Waals surface area contributed by atoms with E-state index >= 15 is 0 Å². The Morgan fingerprint density at radius 3 is 2.54 bits per heavy atom. The van der Waals surface area contributed by atoms with Crippen molar-refractivity contribution in [3.05, 3.63) is 30.1 Å². The van der Waals surface area contributed by atoms with Crippen LogP contribution in [-0.4, -0.2) is 39.9 Å². The summed E-state index contributed by atoms with van der Waals surface area (Å²) in [7, 11) is 0. The zero-order valence-electron chi connectivity index (χ0n) is 12.3.